The summed E-state index contributed by atoms with van der Waals surface area (Å²) in [6.45, 7) is 7.90. The third-order valence-electron chi connectivity index (χ3n) is 23.2. The summed E-state index contributed by atoms with van der Waals surface area (Å²) in [5.74, 6) is 5.37. The molecule has 45 heteroatoms. The Labute approximate surface area is 816 Å². The molecule has 732 valence electrons. The summed E-state index contributed by atoms with van der Waals surface area (Å²) in [5.41, 5.74) is 8.66. The molecule has 2 fully saturated rings. The van der Waals surface area contributed by atoms with Gasteiger partial charge in [0.15, 0.2) is 68.4 Å². The monoisotopic (exact) mass is 1950 g/mol. The number of amides is 4. The zero-order valence-electron chi connectivity index (χ0n) is 78.7. The van der Waals surface area contributed by atoms with Crippen LogP contribution in [-0.4, -0.2) is 203 Å². The molecule has 4 amide bonds. The fourth-order valence-corrected chi connectivity index (χ4v) is 15.7. The maximum Gasteiger partial charge on any atom is 0.253 e. The zero-order valence-corrected chi connectivity index (χ0v) is 78.7. The molecule has 0 bridgehead atoms. The third-order valence-corrected chi connectivity index (χ3v) is 23.2. The topological polar surface area (TPSA) is 518 Å². The van der Waals surface area contributed by atoms with Gasteiger partial charge in [-0.15, -0.1) is 61.2 Å². The normalized spacial score (nSPS) is 13.6. The number of rotatable bonds is 34. The zero-order chi connectivity index (χ0) is 99.1. The number of pyridine rings is 4. The van der Waals surface area contributed by atoms with Gasteiger partial charge in [0.2, 0.25) is 46.8 Å². The smallest absolute Gasteiger partial charge is 0.253 e. The summed E-state index contributed by atoms with van der Waals surface area (Å²) in [6.07, 6.45) is 11.1. The number of hydrogen-bond acceptors (Lipinski definition) is 36. The first kappa shape index (κ1) is 95.3. The van der Waals surface area contributed by atoms with E-state index in [1.54, 1.807) is 138 Å². The highest BCUT2D eigenvalue weighted by Crippen LogP contribution is 2.36. The Morgan fingerprint density at radius 1 is 0.375 bits per heavy atom. The van der Waals surface area contributed by atoms with E-state index in [2.05, 4.69) is 130 Å². The molecule has 144 heavy (non-hydrogen) atoms. The van der Waals surface area contributed by atoms with Gasteiger partial charge in [-0.3, -0.25) is 39.1 Å². The van der Waals surface area contributed by atoms with Crippen molar-refractivity contribution in [1.29, 1.82) is 0 Å². The largest absolute Gasteiger partial charge is 0.470 e. The Morgan fingerprint density at radius 3 is 0.917 bits per heavy atom. The fourth-order valence-electron chi connectivity index (χ4n) is 15.7. The SMILES string of the molecule is CCCNC(=O)c1ccc(COc2nn3c(-c4cc(COC)on4)nnc3c3ccccc23)nc1.COCc1cc(-c2nnc3c4ccccc4c(OCc4ccc(C(=O)NC5CC(C)C5)cn4)nn23)no1.COCc1cc(-c2nnc3c4ccccc4c(OCc4ccc(C(=O)NC5CCC5)cn4)nn23)no1.COCc1cc(-c2nnc3c4ccccc4c(OCc4ccc(C(=O)NCC(C)F)cn4)nn23)no1. The minimum absolute atomic E-state index is 0.0575. The number of methoxy groups -OCH3 is 4. The Hall–Kier alpha value is -17.6. The number of aromatic nitrogens is 24. The van der Waals surface area contributed by atoms with Crippen LogP contribution in [0.2, 0.25) is 0 Å². The number of benzene rings is 4. The summed E-state index contributed by atoms with van der Waals surface area (Å²) in [4.78, 5) is 66.4. The second-order valence-electron chi connectivity index (χ2n) is 33.8. The first-order valence-corrected chi connectivity index (χ1v) is 46.0. The van der Waals surface area contributed by atoms with Crippen LogP contribution in [0, 0.1) is 5.92 Å². The molecule has 16 aromatic heterocycles. The fraction of sp³-hybridized carbons (Fsp3) is 0.273. The number of hydrogen-bond donors (Lipinski definition) is 4. The molecule has 1 unspecified atom stereocenters. The highest BCUT2D eigenvalue weighted by molar-refractivity contribution is 6.01. The molecule has 44 nitrogen and oxygen atoms in total. The van der Waals surface area contributed by atoms with Crippen LogP contribution in [0.25, 0.3) is 112 Å². The van der Waals surface area contributed by atoms with E-state index in [9.17, 15) is 23.6 Å². The van der Waals surface area contributed by atoms with Gasteiger partial charge in [0, 0.05) is 146 Å². The van der Waals surface area contributed by atoms with E-state index in [0.717, 1.165) is 81.6 Å². The molecule has 20 aromatic rings. The summed E-state index contributed by atoms with van der Waals surface area (Å²) in [7, 11) is 6.31. The Kier molecular flexibility index (Phi) is 29.0. The van der Waals surface area contributed by atoms with Crippen molar-refractivity contribution >= 4 is 89.3 Å². The number of alkyl halides is 1. The quantitative estimate of drug-likeness (QED) is 0.0291. The van der Waals surface area contributed by atoms with Crippen molar-refractivity contribution < 1.29 is 79.6 Å². The van der Waals surface area contributed by atoms with E-state index in [0.29, 0.717) is 193 Å². The molecule has 0 spiro atoms. The minimum Gasteiger partial charge on any atom is -0.470 e. The lowest BCUT2D eigenvalue weighted by Crippen LogP contribution is -2.43. The van der Waals surface area contributed by atoms with E-state index in [4.69, 9.17) is 56.0 Å². The van der Waals surface area contributed by atoms with Crippen LogP contribution in [0.1, 0.15) is 147 Å². The Morgan fingerprint density at radius 2 is 0.660 bits per heavy atom. The number of halogens is 1. The molecule has 2 saturated carbocycles. The van der Waals surface area contributed by atoms with Crippen LogP contribution >= 0.6 is 0 Å². The van der Waals surface area contributed by atoms with Crippen LogP contribution in [0.4, 0.5) is 4.39 Å². The Bertz CT molecular complexity index is 7960. The van der Waals surface area contributed by atoms with Gasteiger partial charge in [0.05, 0.1) is 45.0 Å². The second kappa shape index (κ2) is 43.8. The number of ether oxygens (including phenoxy) is 8. The molecule has 4 aromatic carbocycles. The molecule has 0 aliphatic heterocycles. The third kappa shape index (κ3) is 21.4. The summed E-state index contributed by atoms with van der Waals surface area (Å²) >= 11 is 0. The van der Waals surface area contributed by atoms with Crippen LogP contribution in [-0.2, 0) is 71.8 Å². The molecule has 1 atom stereocenters. The molecular formula is C99H93FN28O16. The lowest BCUT2D eigenvalue weighted by molar-refractivity contribution is 0.0891. The standard InChI is InChI=1S/C26H25N7O4.C25H23N7O4.C24H22FN7O4.C24H23N7O4/c1-15-9-18(10-15)28-25(34)16-7-8-17(27-12-16)13-36-26-21-6-4-3-5-20(21)23-29-30-24(33(23)31-26)22-11-19(14-35-2)37-32-22;1-34-14-18-11-21(31-36-18)23-29-28-22-19-7-2-3-8-20(19)25(30-32(22)23)35-13-17-10-9-15(12-26-17)24(33)27-16-5-4-6-16;1-14(25)10-27-23(33)15-7-8-16(26-11-15)12-35-24-19-6-4-3-5-18(19)21-28-29-22(32(21)30-24)20-9-17(13-34-2)36-31-20;1-3-10-25-23(32)15-8-9-16(26-12-15)13-34-24-19-7-5-4-6-18(19)21-27-28-22(31(21)29-24)20-11-17(14-33-2)35-30-20/h3-8,11-12,15,18H,9-10,13-14H2,1-2H3,(H,28,34);2-3,7-12,16H,4-6,13-14H2,1H3,(H,27,33);3-9,11,14H,10,12-13H2,1-2H3,(H,27,33);4-9,11-12H,3,10,13-14H2,1-2H3,(H,25,32). The maximum atomic E-state index is 13.0. The van der Waals surface area contributed by atoms with Crippen molar-refractivity contribution in [2.24, 2.45) is 5.92 Å². The lowest BCUT2D eigenvalue weighted by Gasteiger charge is -2.33. The van der Waals surface area contributed by atoms with E-state index in [1.807, 2.05) is 104 Å². The van der Waals surface area contributed by atoms with Gasteiger partial charge in [-0.25, -0.2) is 4.39 Å². The van der Waals surface area contributed by atoms with Crippen molar-refractivity contribution in [1.82, 2.24) is 141 Å². The number of carbonyl (C=O) groups is 4. The van der Waals surface area contributed by atoms with Crippen molar-refractivity contribution in [3.05, 3.63) is 263 Å². The van der Waals surface area contributed by atoms with Gasteiger partial charge in [-0.1, -0.05) is 107 Å². The first-order chi connectivity index (χ1) is 70.5. The van der Waals surface area contributed by atoms with E-state index in [1.165, 1.54) is 13.1 Å². The van der Waals surface area contributed by atoms with E-state index in [-0.39, 0.29) is 75.3 Å². The van der Waals surface area contributed by atoms with Crippen LogP contribution in [0.5, 0.6) is 23.5 Å². The van der Waals surface area contributed by atoms with Gasteiger partial charge >= 0.3 is 0 Å². The van der Waals surface area contributed by atoms with Gasteiger partial charge in [0.25, 0.3) is 23.6 Å². The Balaban J connectivity index is 0.000000122. The highest BCUT2D eigenvalue weighted by atomic mass is 19.1. The van der Waals surface area contributed by atoms with E-state index < -0.39 is 6.17 Å². The predicted octanol–water partition coefficient (Wildman–Crippen LogP) is 13.2. The number of carbonyl (C=O) groups excluding carboxylic acids is 4. The maximum absolute atomic E-state index is 13.0. The number of nitrogens with one attached hydrogen (secondary N) is 4. The predicted molar refractivity (Wildman–Crippen MR) is 513 cm³/mol. The minimum atomic E-state index is -1.13. The van der Waals surface area contributed by atoms with Crippen molar-refractivity contribution in [2.45, 2.75) is 130 Å². The molecule has 0 radical (unpaired) electrons. The van der Waals surface area contributed by atoms with Crippen LogP contribution in [0.15, 0.2) is 213 Å². The van der Waals surface area contributed by atoms with Crippen LogP contribution in [0.3, 0.4) is 0 Å². The first-order valence-electron chi connectivity index (χ1n) is 46.0. The molecule has 2 aliphatic carbocycles. The lowest BCUT2D eigenvalue weighted by atomic mass is 9.82. The van der Waals surface area contributed by atoms with Crippen molar-refractivity contribution in [3.63, 3.8) is 0 Å². The number of fused-ring (bicyclic) bond motifs is 12. The molecule has 4 N–H and O–H groups in total. The molecular weight excluding hydrogens is 1860 g/mol. The molecule has 0 saturated heterocycles. The number of nitrogens with zero attached hydrogens (tertiary/aromatic N) is 24. The highest BCUT2D eigenvalue weighted by Gasteiger charge is 2.30. The average Bonchev–Trinajstić information content (AvgIpc) is 1.62. The molecule has 16 heterocycles. The van der Waals surface area contributed by atoms with Crippen molar-refractivity contribution in [2.75, 3.05) is 41.5 Å². The van der Waals surface area contributed by atoms with E-state index >= 15 is 0 Å². The van der Waals surface area contributed by atoms with Crippen molar-refractivity contribution in [3.8, 4) is 69.6 Å². The van der Waals surface area contributed by atoms with Gasteiger partial charge < -0.3 is 77.3 Å². The molecule has 22 rings (SSSR count). The van der Waals surface area contributed by atoms with Crippen LogP contribution < -0.4 is 40.2 Å². The van der Waals surface area contributed by atoms with Gasteiger partial charge in [-0.05, 0) is 124 Å². The summed E-state index contributed by atoms with van der Waals surface area (Å²) in [6, 6.07) is 51.9. The van der Waals surface area contributed by atoms with Gasteiger partial charge in [0.1, 0.15) is 59.0 Å². The van der Waals surface area contributed by atoms with Gasteiger partial charge in [-0.2, -0.15) is 18.1 Å². The average molecular weight is 1950 g/mol. The summed E-state index contributed by atoms with van der Waals surface area (Å²) < 4.78 is 85.2. The molecule has 2 aliphatic rings. The summed E-state index contributed by atoms with van der Waals surface area (Å²) in [5, 5.41) is 87.1. The second-order valence-corrected chi connectivity index (χ2v) is 33.8.